The van der Waals surface area contributed by atoms with Crippen molar-refractivity contribution >= 4 is 22.8 Å². The summed E-state index contributed by atoms with van der Waals surface area (Å²) in [6.07, 6.45) is 4.46. The summed E-state index contributed by atoms with van der Waals surface area (Å²) in [6, 6.07) is 11.4. The van der Waals surface area contributed by atoms with Crippen molar-refractivity contribution in [1.82, 2.24) is 19.8 Å². The van der Waals surface area contributed by atoms with Gasteiger partial charge < -0.3 is 19.2 Å². The van der Waals surface area contributed by atoms with E-state index < -0.39 is 0 Å². The number of benzene rings is 1. The Hall–Kier alpha value is -3.09. The molecule has 4 rings (SSSR count). The summed E-state index contributed by atoms with van der Waals surface area (Å²) in [5, 5.41) is 0. The standard InChI is InChI=1S/C23H28N4O3/c1-2-12-27(23(29)20-8-5-16-30-20)15-11-21(28)26-13-9-17(10-14-26)22-24-18-6-3-4-7-19(18)25-22/h3-8,16-17H,2,9-15H2,1H3,(H,24,25). The van der Waals surface area contributed by atoms with Gasteiger partial charge in [-0.15, -0.1) is 0 Å². The van der Waals surface area contributed by atoms with Crippen molar-refractivity contribution in [3.8, 4) is 0 Å². The molecule has 158 valence electrons. The predicted molar refractivity (Wildman–Crippen MR) is 114 cm³/mol. The van der Waals surface area contributed by atoms with Crippen LogP contribution in [0.15, 0.2) is 47.1 Å². The molecule has 1 N–H and O–H groups in total. The number of hydrogen-bond acceptors (Lipinski definition) is 4. The molecule has 1 fully saturated rings. The van der Waals surface area contributed by atoms with Crippen LogP contribution in [-0.2, 0) is 4.79 Å². The molecule has 0 bridgehead atoms. The van der Waals surface area contributed by atoms with Gasteiger partial charge in [-0.25, -0.2) is 4.98 Å². The first-order chi connectivity index (χ1) is 14.7. The molecule has 3 heterocycles. The molecule has 3 aromatic rings. The molecule has 2 amide bonds. The van der Waals surface area contributed by atoms with Crippen LogP contribution in [0.1, 0.15) is 54.9 Å². The fraction of sp³-hybridized carbons (Fsp3) is 0.435. The average Bonchev–Trinajstić information content (AvgIpc) is 3.46. The molecule has 0 aliphatic carbocycles. The molecule has 30 heavy (non-hydrogen) atoms. The fourth-order valence-electron chi connectivity index (χ4n) is 4.10. The summed E-state index contributed by atoms with van der Waals surface area (Å²) < 4.78 is 5.23. The molecule has 0 spiro atoms. The first kappa shape index (κ1) is 20.2. The van der Waals surface area contributed by atoms with Crippen molar-refractivity contribution in [3.63, 3.8) is 0 Å². The number of aromatic amines is 1. The highest BCUT2D eigenvalue weighted by atomic mass is 16.3. The molecular weight excluding hydrogens is 380 g/mol. The number of nitrogens with one attached hydrogen (secondary N) is 1. The van der Waals surface area contributed by atoms with Gasteiger partial charge in [0.1, 0.15) is 5.82 Å². The number of furan rings is 1. The SMILES string of the molecule is CCCN(CCC(=O)N1CCC(c2nc3ccccc3[nH]2)CC1)C(=O)c1ccco1. The first-order valence-corrected chi connectivity index (χ1v) is 10.7. The topological polar surface area (TPSA) is 82.4 Å². The normalized spacial score (nSPS) is 14.9. The minimum absolute atomic E-state index is 0.103. The lowest BCUT2D eigenvalue weighted by molar-refractivity contribution is -0.132. The van der Waals surface area contributed by atoms with Gasteiger partial charge in [0.05, 0.1) is 17.3 Å². The lowest BCUT2D eigenvalue weighted by atomic mass is 9.96. The lowest BCUT2D eigenvalue weighted by Gasteiger charge is -2.32. The Balaban J connectivity index is 1.29. The van der Waals surface area contributed by atoms with Crippen LogP contribution in [0.25, 0.3) is 11.0 Å². The van der Waals surface area contributed by atoms with Gasteiger partial charge in [-0.05, 0) is 43.5 Å². The van der Waals surface area contributed by atoms with Crippen LogP contribution in [0.4, 0.5) is 0 Å². The number of carbonyl (C=O) groups excluding carboxylic acids is 2. The first-order valence-electron chi connectivity index (χ1n) is 10.7. The zero-order valence-corrected chi connectivity index (χ0v) is 17.3. The molecule has 1 aromatic carbocycles. The van der Waals surface area contributed by atoms with E-state index in [-0.39, 0.29) is 11.8 Å². The van der Waals surface area contributed by atoms with E-state index in [1.165, 1.54) is 6.26 Å². The number of nitrogens with zero attached hydrogens (tertiary/aromatic N) is 3. The van der Waals surface area contributed by atoms with Gasteiger partial charge in [-0.1, -0.05) is 19.1 Å². The van der Waals surface area contributed by atoms with Crippen molar-refractivity contribution in [3.05, 3.63) is 54.2 Å². The number of amides is 2. The van der Waals surface area contributed by atoms with Gasteiger partial charge >= 0.3 is 0 Å². The molecular formula is C23H28N4O3. The van der Waals surface area contributed by atoms with Gasteiger partial charge in [0.15, 0.2) is 5.76 Å². The number of imidazole rings is 1. The van der Waals surface area contributed by atoms with Crippen molar-refractivity contribution in [2.75, 3.05) is 26.2 Å². The Bertz CT molecular complexity index is 954. The van der Waals surface area contributed by atoms with E-state index in [1.54, 1.807) is 17.0 Å². The van der Waals surface area contributed by atoms with E-state index in [0.717, 1.165) is 49.2 Å². The third kappa shape index (κ3) is 4.40. The van der Waals surface area contributed by atoms with Crippen LogP contribution in [0.5, 0.6) is 0 Å². The highest BCUT2D eigenvalue weighted by molar-refractivity contribution is 5.91. The summed E-state index contributed by atoms with van der Waals surface area (Å²) in [5.74, 6) is 1.63. The minimum Gasteiger partial charge on any atom is -0.459 e. The van der Waals surface area contributed by atoms with E-state index in [4.69, 9.17) is 9.40 Å². The third-order valence-corrected chi connectivity index (χ3v) is 5.75. The summed E-state index contributed by atoms with van der Waals surface area (Å²) in [7, 11) is 0. The largest absolute Gasteiger partial charge is 0.459 e. The minimum atomic E-state index is -0.154. The van der Waals surface area contributed by atoms with E-state index in [0.29, 0.717) is 31.2 Å². The molecule has 1 saturated heterocycles. The number of piperidine rings is 1. The molecule has 0 unspecified atom stereocenters. The number of likely N-dealkylation sites (tertiary alicyclic amines) is 1. The fourth-order valence-corrected chi connectivity index (χ4v) is 4.10. The van der Waals surface area contributed by atoms with Gasteiger partial charge in [-0.3, -0.25) is 9.59 Å². The number of rotatable bonds is 7. The summed E-state index contributed by atoms with van der Waals surface area (Å²) in [5.41, 5.74) is 2.05. The highest BCUT2D eigenvalue weighted by Gasteiger charge is 2.26. The Morgan fingerprint density at radius 2 is 1.97 bits per heavy atom. The van der Waals surface area contributed by atoms with Crippen molar-refractivity contribution in [1.29, 1.82) is 0 Å². The monoisotopic (exact) mass is 408 g/mol. The summed E-state index contributed by atoms with van der Waals surface area (Å²) in [4.78, 5) is 37.1. The number of hydrogen-bond donors (Lipinski definition) is 1. The smallest absolute Gasteiger partial charge is 0.289 e. The number of H-pyrrole nitrogens is 1. The van der Waals surface area contributed by atoms with E-state index >= 15 is 0 Å². The second kappa shape index (κ2) is 9.15. The van der Waals surface area contributed by atoms with Crippen LogP contribution < -0.4 is 0 Å². The Morgan fingerprint density at radius 1 is 1.17 bits per heavy atom. The van der Waals surface area contributed by atoms with Gasteiger partial charge in [0.25, 0.3) is 5.91 Å². The summed E-state index contributed by atoms with van der Waals surface area (Å²) >= 11 is 0. The maximum Gasteiger partial charge on any atom is 0.289 e. The van der Waals surface area contributed by atoms with Crippen LogP contribution >= 0.6 is 0 Å². The lowest BCUT2D eigenvalue weighted by Crippen LogP contribution is -2.41. The molecule has 0 saturated carbocycles. The predicted octanol–water partition coefficient (Wildman–Crippen LogP) is 3.80. The van der Waals surface area contributed by atoms with Crippen LogP contribution in [0.3, 0.4) is 0 Å². The molecule has 7 heteroatoms. The summed E-state index contributed by atoms with van der Waals surface area (Å²) in [6.45, 7) is 4.49. The second-order valence-electron chi connectivity index (χ2n) is 7.81. The number of aromatic nitrogens is 2. The maximum atomic E-state index is 12.7. The molecule has 1 aliphatic heterocycles. The number of carbonyl (C=O) groups is 2. The Morgan fingerprint density at radius 3 is 2.67 bits per heavy atom. The Labute approximate surface area is 176 Å². The van der Waals surface area contributed by atoms with E-state index in [1.807, 2.05) is 36.1 Å². The number of fused-ring (bicyclic) bond motifs is 1. The van der Waals surface area contributed by atoms with Crippen molar-refractivity contribution in [2.24, 2.45) is 0 Å². The molecule has 2 aromatic heterocycles. The second-order valence-corrected chi connectivity index (χ2v) is 7.81. The third-order valence-electron chi connectivity index (χ3n) is 5.75. The molecule has 0 radical (unpaired) electrons. The number of para-hydroxylation sites is 2. The van der Waals surface area contributed by atoms with E-state index in [9.17, 15) is 9.59 Å². The zero-order chi connectivity index (χ0) is 20.9. The van der Waals surface area contributed by atoms with Crippen molar-refractivity contribution < 1.29 is 14.0 Å². The molecule has 7 nitrogen and oxygen atoms in total. The van der Waals surface area contributed by atoms with Gasteiger partial charge in [-0.2, -0.15) is 0 Å². The van der Waals surface area contributed by atoms with Crippen LogP contribution in [-0.4, -0.2) is 57.8 Å². The van der Waals surface area contributed by atoms with Crippen LogP contribution in [0.2, 0.25) is 0 Å². The maximum absolute atomic E-state index is 12.7. The van der Waals surface area contributed by atoms with Gasteiger partial charge in [0, 0.05) is 38.5 Å². The quantitative estimate of drug-likeness (QED) is 0.645. The zero-order valence-electron chi connectivity index (χ0n) is 17.3. The molecule has 1 aliphatic rings. The Kier molecular flexibility index (Phi) is 6.16. The molecule has 0 atom stereocenters. The van der Waals surface area contributed by atoms with Gasteiger partial charge in [0.2, 0.25) is 5.91 Å². The van der Waals surface area contributed by atoms with Crippen LogP contribution in [0, 0.1) is 0 Å². The highest BCUT2D eigenvalue weighted by Crippen LogP contribution is 2.28. The van der Waals surface area contributed by atoms with Crippen molar-refractivity contribution in [2.45, 2.75) is 38.5 Å². The average molecular weight is 409 g/mol. The van der Waals surface area contributed by atoms with E-state index in [2.05, 4.69) is 4.98 Å².